The normalized spacial score (nSPS) is 12.3. The van der Waals surface area contributed by atoms with Crippen LogP contribution in [0.3, 0.4) is 0 Å². The smallest absolute Gasteiger partial charge is 0.129 e. The maximum Gasteiger partial charge on any atom is 0.129 e. The molecule has 0 fully saturated rings. The van der Waals surface area contributed by atoms with Gasteiger partial charge in [0, 0.05) is 21.8 Å². The number of nitrogens with one attached hydrogen (secondary N) is 1. The van der Waals surface area contributed by atoms with Gasteiger partial charge in [0.1, 0.15) is 11.6 Å². The summed E-state index contributed by atoms with van der Waals surface area (Å²) in [7, 11) is 0. The minimum Gasteiger partial charge on any atom is -0.383 e. The van der Waals surface area contributed by atoms with E-state index in [4.69, 9.17) is 5.73 Å². The van der Waals surface area contributed by atoms with Crippen LogP contribution in [0, 0.1) is 5.82 Å². The molecule has 0 aliphatic rings. The van der Waals surface area contributed by atoms with E-state index in [1.807, 2.05) is 12.1 Å². The van der Waals surface area contributed by atoms with Gasteiger partial charge >= 0.3 is 0 Å². The maximum atomic E-state index is 14.2. The van der Waals surface area contributed by atoms with Crippen LogP contribution in [-0.2, 0) is 0 Å². The Morgan fingerprint density at radius 3 is 2.80 bits per heavy atom. The molecule has 5 heteroatoms. The number of nitrogens with two attached hydrogens (primary N) is 1. The molecule has 2 aromatic rings. The number of pyridine rings is 1. The molecule has 0 saturated heterocycles. The van der Waals surface area contributed by atoms with Gasteiger partial charge in [-0.05, 0) is 31.2 Å². The number of nitrogen functional groups attached to an aromatic ring is 1. The fourth-order valence-corrected chi connectivity index (χ4v) is 2.69. The van der Waals surface area contributed by atoms with Crippen LogP contribution in [0.1, 0.15) is 30.5 Å². The van der Waals surface area contributed by atoms with Crippen molar-refractivity contribution >= 4 is 21.7 Å². The molecule has 0 saturated carbocycles. The number of nitrogens with zero attached hydrogens (tertiary/aromatic N) is 1. The molecule has 2 rings (SSSR count). The van der Waals surface area contributed by atoms with E-state index in [0.29, 0.717) is 15.9 Å². The highest BCUT2D eigenvalue weighted by atomic mass is 79.9. The predicted octanol–water partition coefficient (Wildman–Crippen LogP) is 3.65. The third kappa shape index (κ3) is 3.16. The first-order valence-corrected chi connectivity index (χ1v) is 7.32. The molecule has 0 spiro atoms. The second kappa shape index (κ2) is 6.81. The van der Waals surface area contributed by atoms with Crippen LogP contribution in [0.5, 0.6) is 0 Å². The molecular formula is C15H17BrFN3. The molecular weight excluding hydrogens is 321 g/mol. The molecule has 0 bridgehead atoms. The van der Waals surface area contributed by atoms with E-state index in [-0.39, 0.29) is 11.9 Å². The first-order valence-electron chi connectivity index (χ1n) is 6.52. The molecule has 0 aliphatic carbocycles. The first-order chi connectivity index (χ1) is 9.65. The molecule has 0 aliphatic heterocycles. The number of anilines is 1. The van der Waals surface area contributed by atoms with Crippen molar-refractivity contribution in [1.82, 2.24) is 10.3 Å². The van der Waals surface area contributed by atoms with Gasteiger partial charge in [-0.2, -0.15) is 0 Å². The average molecular weight is 338 g/mol. The summed E-state index contributed by atoms with van der Waals surface area (Å²) in [6.45, 7) is 2.83. The third-order valence-corrected chi connectivity index (χ3v) is 3.76. The predicted molar refractivity (Wildman–Crippen MR) is 82.9 cm³/mol. The number of benzene rings is 1. The highest BCUT2D eigenvalue weighted by Crippen LogP contribution is 2.32. The zero-order valence-electron chi connectivity index (χ0n) is 11.2. The summed E-state index contributed by atoms with van der Waals surface area (Å²) in [4.78, 5) is 4.09. The van der Waals surface area contributed by atoms with E-state index in [1.54, 1.807) is 18.3 Å². The number of aromatic nitrogens is 1. The Morgan fingerprint density at radius 1 is 1.35 bits per heavy atom. The van der Waals surface area contributed by atoms with E-state index >= 15 is 0 Å². The fraction of sp³-hybridized carbons (Fsp3) is 0.267. The maximum absolute atomic E-state index is 14.2. The zero-order chi connectivity index (χ0) is 14.5. The third-order valence-electron chi connectivity index (χ3n) is 3.07. The lowest BCUT2D eigenvalue weighted by atomic mass is 9.98. The van der Waals surface area contributed by atoms with Crippen LogP contribution < -0.4 is 11.1 Å². The lowest BCUT2D eigenvalue weighted by molar-refractivity contribution is 0.544. The van der Waals surface area contributed by atoms with Crippen LogP contribution in [0.15, 0.2) is 41.0 Å². The van der Waals surface area contributed by atoms with Crippen LogP contribution in [0.4, 0.5) is 10.2 Å². The van der Waals surface area contributed by atoms with Crippen molar-refractivity contribution in [3.63, 3.8) is 0 Å². The quantitative estimate of drug-likeness (QED) is 0.875. The van der Waals surface area contributed by atoms with E-state index in [9.17, 15) is 4.39 Å². The monoisotopic (exact) mass is 337 g/mol. The van der Waals surface area contributed by atoms with Gasteiger partial charge in [0.25, 0.3) is 0 Å². The fourth-order valence-electron chi connectivity index (χ4n) is 2.12. The Bertz CT molecular complexity index is 569. The lowest BCUT2D eigenvalue weighted by Gasteiger charge is -2.22. The van der Waals surface area contributed by atoms with Gasteiger partial charge in [0.05, 0.1) is 6.04 Å². The van der Waals surface area contributed by atoms with Gasteiger partial charge in [-0.3, -0.25) is 0 Å². The topological polar surface area (TPSA) is 50.9 Å². The molecule has 106 valence electrons. The molecule has 20 heavy (non-hydrogen) atoms. The Kier molecular flexibility index (Phi) is 5.09. The van der Waals surface area contributed by atoms with E-state index in [1.165, 1.54) is 6.07 Å². The van der Waals surface area contributed by atoms with Crippen molar-refractivity contribution in [2.24, 2.45) is 0 Å². The standard InChI is InChI=1S/C15H17BrFN3/c1-2-8-19-14(10-5-4-9-20-15(10)18)13-11(16)6-3-7-12(13)17/h3-7,9,14,19H,2,8H2,1H3,(H2,18,20). The van der Waals surface area contributed by atoms with Gasteiger partial charge < -0.3 is 11.1 Å². The number of hydrogen-bond donors (Lipinski definition) is 2. The summed E-state index contributed by atoms with van der Waals surface area (Å²) in [5, 5.41) is 3.33. The molecule has 1 aromatic heterocycles. The summed E-state index contributed by atoms with van der Waals surface area (Å²) in [5.41, 5.74) is 7.28. The summed E-state index contributed by atoms with van der Waals surface area (Å²) < 4.78 is 14.9. The second-order valence-electron chi connectivity index (χ2n) is 4.50. The highest BCUT2D eigenvalue weighted by molar-refractivity contribution is 9.10. The van der Waals surface area contributed by atoms with Gasteiger partial charge in [-0.15, -0.1) is 0 Å². The van der Waals surface area contributed by atoms with Crippen LogP contribution in [-0.4, -0.2) is 11.5 Å². The Hall–Kier alpha value is -1.46. The minimum absolute atomic E-state index is 0.267. The molecule has 1 unspecified atom stereocenters. The second-order valence-corrected chi connectivity index (χ2v) is 5.35. The zero-order valence-corrected chi connectivity index (χ0v) is 12.8. The van der Waals surface area contributed by atoms with Gasteiger partial charge in [0.2, 0.25) is 0 Å². The van der Waals surface area contributed by atoms with Crippen molar-refractivity contribution in [3.8, 4) is 0 Å². The van der Waals surface area contributed by atoms with Crippen molar-refractivity contribution in [3.05, 3.63) is 57.9 Å². The van der Waals surface area contributed by atoms with Crippen molar-refractivity contribution in [1.29, 1.82) is 0 Å². The van der Waals surface area contributed by atoms with Crippen LogP contribution in [0.25, 0.3) is 0 Å². The van der Waals surface area contributed by atoms with Crippen LogP contribution in [0.2, 0.25) is 0 Å². The minimum atomic E-state index is -0.320. The SMILES string of the molecule is CCCNC(c1cccnc1N)c1c(F)cccc1Br. The van der Waals surface area contributed by atoms with E-state index < -0.39 is 0 Å². The molecule has 0 radical (unpaired) electrons. The Labute approximate surface area is 126 Å². The summed E-state index contributed by atoms with van der Waals surface area (Å²) >= 11 is 3.42. The number of halogens is 2. The number of rotatable bonds is 5. The lowest BCUT2D eigenvalue weighted by Crippen LogP contribution is -2.25. The highest BCUT2D eigenvalue weighted by Gasteiger charge is 2.22. The Morgan fingerprint density at radius 2 is 2.15 bits per heavy atom. The van der Waals surface area contributed by atoms with Gasteiger partial charge in [-0.1, -0.05) is 35.0 Å². The molecule has 0 amide bonds. The largest absolute Gasteiger partial charge is 0.383 e. The molecule has 3 nitrogen and oxygen atoms in total. The molecule has 1 aromatic carbocycles. The molecule has 1 atom stereocenters. The van der Waals surface area contributed by atoms with Crippen molar-refractivity contribution < 1.29 is 4.39 Å². The molecule has 3 N–H and O–H groups in total. The van der Waals surface area contributed by atoms with Crippen LogP contribution >= 0.6 is 15.9 Å². The first kappa shape index (κ1) is 14.9. The number of hydrogen-bond acceptors (Lipinski definition) is 3. The van der Waals surface area contributed by atoms with E-state index in [2.05, 4.69) is 33.2 Å². The van der Waals surface area contributed by atoms with Gasteiger partial charge in [0.15, 0.2) is 0 Å². The van der Waals surface area contributed by atoms with Gasteiger partial charge in [-0.25, -0.2) is 9.37 Å². The van der Waals surface area contributed by atoms with Crippen molar-refractivity contribution in [2.75, 3.05) is 12.3 Å². The molecule has 1 heterocycles. The Balaban J connectivity index is 2.50. The van der Waals surface area contributed by atoms with Crippen molar-refractivity contribution in [2.45, 2.75) is 19.4 Å². The summed E-state index contributed by atoms with van der Waals surface area (Å²) in [5.74, 6) is 0.146. The van der Waals surface area contributed by atoms with E-state index in [0.717, 1.165) is 18.5 Å². The summed E-state index contributed by atoms with van der Waals surface area (Å²) in [6.07, 6.45) is 2.58. The summed E-state index contributed by atoms with van der Waals surface area (Å²) in [6, 6.07) is 8.31. The average Bonchev–Trinajstić information content (AvgIpc) is 2.43.